The molecule has 1 aromatic carbocycles. The van der Waals surface area contributed by atoms with E-state index in [2.05, 4.69) is 15.5 Å². The Bertz CT molecular complexity index is 1130. The number of β-lactam (4-membered cyclic amide) rings is 1. The molecule has 1 aromatic heterocycles. The normalized spacial score (nSPS) is 20.4. The van der Waals surface area contributed by atoms with Crippen LogP contribution < -0.4 is 40.0 Å². The zero-order chi connectivity index (χ0) is 22.8. The van der Waals surface area contributed by atoms with Crippen molar-refractivity contribution in [2.24, 2.45) is 0 Å². The number of aryl methyl sites for hydroxylation is 1. The van der Waals surface area contributed by atoms with Crippen molar-refractivity contribution in [1.82, 2.24) is 20.4 Å². The Morgan fingerprint density at radius 3 is 2.67 bits per heavy atom. The van der Waals surface area contributed by atoms with E-state index < -0.39 is 40.0 Å². The molecule has 2 amide bonds. The minimum Gasteiger partial charge on any atom is -0.543 e. The number of fused-ring (bicyclic) bond motifs is 1. The fourth-order valence-corrected chi connectivity index (χ4v) is 7.51. The number of carboxylic acid groups (broad SMARTS) is 1. The zero-order valence-corrected chi connectivity index (χ0v) is 22.9. The van der Waals surface area contributed by atoms with Crippen LogP contribution in [0.1, 0.15) is 5.01 Å². The van der Waals surface area contributed by atoms with Gasteiger partial charge in [0.15, 0.2) is 4.34 Å². The summed E-state index contributed by atoms with van der Waals surface area (Å²) in [7, 11) is -1.54. The van der Waals surface area contributed by atoms with E-state index in [0.717, 1.165) is 5.01 Å². The second-order valence-electron chi connectivity index (χ2n) is 6.87. The number of benzene rings is 1. The third-order valence-electron chi connectivity index (χ3n) is 4.70. The van der Waals surface area contributed by atoms with Crippen molar-refractivity contribution in [3.8, 4) is 0 Å². The van der Waals surface area contributed by atoms with Gasteiger partial charge in [-0.3, -0.25) is 18.7 Å². The summed E-state index contributed by atoms with van der Waals surface area (Å²) in [6.07, 6.45) is 0. The first-order chi connectivity index (χ1) is 15.3. The summed E-state index contributed by atoms with van der Waals surface area (Å²) in [5.74, 6) is -2.04. The molecule has 1 saturated heterocycles. The molecule has 3 heterocycles. The summed E-state index contributed by atoms with van der Waals surface area (Å²) >= 11 is 4.13. The van der Waals surface area contributed by atoms with Crippen LogP contribution in [0.3, 0.4) is 0 Å². The summed E-state index contributed by atoms with van der Waals surface area (Å²) < 4.78 is 13.0. The first-order valence-corrected chi connectivity index (χ1v) is 13.6. The fraction of sp³-hybridized carbons (Fsp3) is 0.316. The molecule has 0 bridgehead atoms. The Labute approximate surface area is 226 Å². The van der Waals surface area contributed by atoms with Crippen LogP contribution in [0.5, 0.6) is 0 Å². The number of carbonyl (C=O) groups is 3. The summed E-state index contributed by atoms with van der Waals surface area (Å²) in [4.78, 5) is 38.5. The topological polar surface area (TPSA) is 132 Å². The Hall–Kier alpha value is -1.22. The van der Waals surface area contributed by atoms with Gasteiger partial charge in [-0.15, -0.1) is 22.0 Å². The zero-order valence-electron chi connectivity index (χ0n) is 17.7. The summed E-state index contributed by atoms with van der Waals surface area (Å²) in [5.41, 5.74) is 0.415. The predicted octanol–water partition coefficient (Wildman–Crippen LogP) is -2.85. The number of amides is 2. The van der Waals surface area contributed by atoms with Gasteiger partial charge in [-0.25, -0.2) is 0 Å². The van der Waals surface area contributed by atoms with Gasteiger partial charge in [0.25, 0.3) is 5.91 Å². The fourth-order valence-electron chi connectivity index (χ4n) is 3.26. The van der Waals surface area contributed by atoms with Gasteiger partial charge in [0.1, 0.15) is 22.2 Å². The Morgan fingerprint density at radius 2 is 2.03 bits per heavy atom. The van der Waals surface area contributed by atoms with Gasteiger partial charge < -0.3 is 15.2 Å². The van der Waals surface area contributed by atoms with Gasteiger partial charge in [0.05, 0.1) is 22.5 Å². The standard InChI is InChI=1S/C19H18N4O5S4.Na/c1-10-21-22-19(31-10)30-8-11-7-29-17-14(16(25)23(17)15(11)18(26)27)20-13(24)9-32(28)12-5-3-2-4-6-12;/h2-6,14,17H,7-9H2,1H3,(H,20,24)(H,26,27);/q;+1/p-1. The first kappa shape index (κ1) is 26.4. The molecule has 14 heteroatoms. The number of carbonyl (C=O) groups excluding carboxylic acids is 3. The minimum absolute atomic E-state index is 0. The molecule has 2 aliphatic rings. The molecule has 0 aliphatic carbocycles. The molecule has 168 valence electrons. The van der Waals surface area contributed by atoms with Crippen LogP contribution in [-0.2, 0) is 25.2 Å². The van der Waals surface area contributed by atoms with Crippen LogP contribution in [-0.4, -0.2) is 65.8 Å². The van der Waals surface area contributed by atoms with Crippen LogP contribution in [0.4, 0.5) is 0 Å². The van der Waals surface area contributed by atoms with Crippen LogP contribution in [0.15, 0.2) is 50.8 Å². The molecule has 2 aromatic rings. The third kappa shape index (κ3) is 5.89. The van der Waals surface area contributed by atoms with Crippen molar-refractivity contribution in [3.05, 3.63) is 46.6 Å². The molecule has 1 N–H and O–H groups in total. The first-order valence-electron chi connectivity index (χ1n) is 9.39. The summed E-state index contributed by atoms with van der Waals surface area (Å²) in [6.45, 7) is 1.83. The van der Waals surface area contributed by atoms with Gasteiger partial charge in [-0.05, 0) is 24.6 Å². The monoisotopic (exact) mass is 532 g/mol. The Balaban J connectivity index is 0.00000306. The quantitative estimate of drug-likeness (QED) is 0.217. The third-order valence-corrected chi connectivity index (χ3v) is 9.42. The number of thioether (sulfide) groups is 2. The van der Waals surface area contributed by atoms with E-state index in [9.17, 15) is 23.7 Å². The Morgan fingerprint density at radius 1 is 1.30 bits per heavy atom. The van der Waals surface area contributed by atoms with Gasteiger partial charge in [-0.2, -0.15) is 0 Å². The molecule has 33 heavy (non-hydrogen) atoms. The smallest absolute Gasteiger partial charge is 0.543 e. The second-order valence-corrected chi connectivity index (χ2v) is 11.8. The number of hydrogen-bond acceptors (Lipinski definition) is 10. The maximum Gasteiger partial charge on any atom is 1.00 e. The van der Waals surface area contributed by atoms with Crippen LogP contribution in [0.2, 0.25) is 0 Å². The van der Waals surface area contributed by atoms with E-state index in [1.807, 2.05) is 6.92 Å². The Kier molecular flexibility index (Phi) is 9.17. The minimum atomic E-state index is -1.54. The number of aromatic nitrogens is 2. The molecule has 1 fully saturated rings. The van der Waals surface area contributed by atoms with Gasteiger partial charge >= 0.3 is 29.6 Å². The number of aliphatic carboxylic acids is 1. The molecular weight excluding hydrogens is 515 g/mol. The van der Waals surface area contributed by atoms with Crippen LogP contribution >= 0.6 is 34.9 Å². The predicted molar refractivity (Wildman–Crippen MR) is 120 cm³/mol. The van der Waals surface area contributed by atoms with Gasteiger partial charge in [0.2, 0.25) is 5.91 Å². The van der Waals surface area contributed by atoms with E-state index >= 15 is 0 Å². The number of hydrogen-bond donors (Lipinski definition) is 1. The van der Waals surface area contributed by atoms with Crippen LogP contribution in [0, 0.1) is 6.92 Å². The van der Waals surface area contributed by atoms with Crippen molar-refractivity contribution in [1.29, 1.82) is 0 Å². The van der Waals surface area contributed by atoms with Gasteiger partial charge in [0, 0.05) is 16.4 Å². The molecule has 0 spiro atoms. The van der Waals surface area contributed by atoms with Crippen LogP contribution in [0.25, 0.3) is 0 Å². The molecule has 3 unspecified atom stereocenters. The van der Waals surface area contributed by atoms with Crippen molar-refractivity contribution in [3.63, 3.8) is 0 Å². The average molecular weight is 533 g/mol. The number of nitrogens with zero attached hydrogens (tertiary/aromatic N) is 3. The average Bonchev–Trinajstić information content (AvgIpc) is 3.20. The van der Waals surface area contributed by atoms with E-state index in [1.54, 1.807) is 30.3 Å². The van der Waals surface area contributed by atoms with Crippen molar-refractivity contribution >= 4 is 63.4 Å². The molecular formula is C19H17N4NaO5S4. The van der Waals surface area contributed by atoms with Gasteiger partial charge in [-0.1, -0.05) is 41.3 Å². The van der Waals surface area contributed by atoms with Crippen molar-refractivity contribution in [2.75, 3.05) is 17.3 Å². The van der Waals surface area contributed by atoms with Crippen molar-refractivity contribution < 1.29 is 53.3 Å². The van der Waals surface area contributed by atoms with E-state index in [4.69, 9.17) is 0 Å². The number of nitrogens with one attached hydrogen (secondary N) is 1. The van der Waals surface area contributed by atoms with E-state index in [1.165, 1.54) is 39.8 Å². The molecule has 9 nitrogen and oxygen atoms in total. The van der Waals surface area contributed by atoms with Crippen molar-refractivity contribution in [2.45, 2.75) is 27.6 Å². The maximum atomic E-state index is 12.7. The second kappa shape index (κ2) is 11.5. The summed E-state index contributed by atoms with van der Waals surface area (Å²) in [6, 6.07) is 7.70. The SMILES string of the molecule is Cc1nnc(SCC2=C(C(=O)[O-])N3C(=O)C(NC(=O)CS(=O)c4ccccc4)C3SC2)s1.[Na+]. The molecule has 3 atom stereocenters. The molecule has 0 radical (unpaired) electrons. The number of rotatable bonds is 8. The summed E-state index contributed by atoms with van der Waals surface area (Å²) in [5, 5.41) is 22.6. The largest absolute Gasteiger partial charge is 1.00 e. The maximum absolute atomic E-state index is 12.7. The molecule has 4 rings (SSSR count). The number of carboxylic acids is 1. The molecule has 2 aliphatic heterocycles. The van der Waals surface area contributed by atoms with E-state index in [0.29, 0.717) is 26.3 Å². The van der Waals surface area contributed by atoms with E-state index in [-0.39, 0.29) is 41.0 Å². The molecule has 0 saturated carbocycles.